The smallest absolute Gasteiger partial charge is 0.259 e. The summed E-state index contributed by atoms with van der Waals surface area (Å²) in [6.45, 7) is 1.70. The highest BCUT2D eigenvalue weighted by atomic mass is 32.2. The first kappa shape index (κ1) is 12.9. The number of H-pyrrole nitrogens is 1. The van der Waals surface area contributed by atoms with Gasteiger partial charge in [0.2, 0.25) is 0 Å². The van der Waals surface area contributed by atoms with Gasteiger partial charge in [0.1, 0.15) is 5.56 Å². The number of nitrogens with one attached hydrogen (secondary N) is 1. The maximum atomic E-state index is 12.2. The predicted octanol–water partition coefficient (Wildman–Crippen LogP) is -0.441. The Kier molecular flexibility index (Phi) is 3.05. The third-order valence-corrected chi connectivity index (χ3v) is 5.02. The van der Waals surface area contributed by atoms with Crippen LogP contribution >= 0.6 is 0 Å². The van der Waals surface area contributed by atoms with Crippen molar-refractivity contribution in [2.75, 3.05) is 24.3 Å². The van der Waals surface area contributed by atoms with Gasteiger partial charge in [-0.1, -0.05) is 0 Å². The van der Waals surface area contributed by atoms with E-state index in [-0.39, 0.29) is 29.3 Å². The van der Waals surface area contributed by atoms with E-state index in [1.54, 1.807) is 14.0 Å². The van der Waals surface area contributed by atoms with Gasteiger partial charge in [-0.05, 0) is 13.3 Å². The van der Waals surface area contributed by atoms with Gasteiger partial charge in [-0.2, -0.15) is 5.10 Å². The molecule has 1 aromatic heterocycles. The van der Waals surface area contributed by atoms with Gasteiger partial charge in [-0.3, -0.25) is 9.89 Å². The lowest BCUT2D eigenvalue weighted by atomic mass is 10.1. The van der Waals surface area contributed by atoms with E-state index in [0.29, 0.717) is 17.7 Å². The van der Waals surface area contributed by atoms with Crippen molar-refractivity contribution in [3.8, 4) is 0 Å². The van der Waals surface area contributed by atoms with Crippen molar-refractivity contribution in [3.63, 3.8) is 0 Å². The normalized spacial score (nSPS) is 22.0. The maximum Gasteiger partial charge on any atom is 0.259 e. The first-order valence-corrected chi connectivity index (χ1v) is 7.42. The molecule has 1 saturated heterocycles. The standard InChI is InChI=1S/C10H16N4O3S/c1-6-8(9(11)13-12-6)10(15)14(2)7-3-4-18(16,17)5-7/h7H,3-5H2,1-2H3,(H3,11,12,13). The Labute approximate surface area is 105 Å². The van der Waals surface area contributed by atoms with Gasteiger partial charge in [0.25, 0.3) is 5.91 Å². The molecule has 1 unspecified atom stereocenters. The molecule has 8 heteroatoms. The predicted molar refractivity (Wildman–Crippen MR) is 66.9 cm³/mol. The second kappa shape index (κ2) is 4.27. The van der Waals surface area contributed by atoms with Crippen LogP contribution < -0.4 is 5.73 Å². The number of hydrogen-bond acceptors (Lipinski definition) is 5. The molecule has 0 radical (unpaired) electrons. The number of carbonyl (C=O) groups excluding carboxylic acids is 1. The Morgan fingerprint density at radius 1 is 1.56 bits per heavy atom. The molecule has 1 fully saturated rings. The number of amides is 1. The Hall–Kier alpha value is -1.57. The fourth-order valence-corrected chi connectivity index (χ4v) is 3.92. The van der Waals surface area contributed by atoms with E-state index in [0.717, 1.165) is 0 Å². The second-order valence-electron chi connectivity index (χ2n) is 4.58. The summed E-state index contributed by atoms with van der Waals surface area (Å²) < 4.78 is 22.8. The monoisotopic (exact) mass is 272 g/mol. The zero-order chi connectivity index (χ0) is 13.5. The van der Waals surface area contributed by atoms with E-state index >= 15 is 0 Å². The summed E-state index contributed by atoms with van der Waals surface area (Å²) in [4.78, 5) is 13.7. The molecule has 1 aliphatic heterocycles. The number of nitrogens with zero attached hydrogens (tertiary/aromatic N) is 2. The summed E-state index contributed by atoms with van der Waals surface area (Å²) in [6, 6.07) is -0.281. The first-order valence-electron chi connectivity index (χ1n) is 5.60. The third kappa shape index (κ3) is 2.20. The molecule has 1 amide bonds. The molecule has 100 valence electrons. The van der Waals surface area contributed by atoms with E-state index in [4.69, 9.17) is 5.73 Å². The Bertz CT molecular complexity index is 558. The molecule has 0 aliphatic carbocycles. The number of nitrogen functional groups attached to an aromatic ring is 1. The van der Waals surface area contributed by atoms with Crippen LogP contribution in [0.25, 0.3) is 0 Å². The minimum absolute atomic E-state index is 0.0199. The van der Waals surface area contributed by atoms with Gasteiger partial charge in [-0.15, -0.1) is 0 Å². The van der Waals surface area contributed by atoms with Crippen molar-refractivity contribution < 1.29 is 13.2 Å². The van der Waals surface area contributed by atoms with Crippen LogP contribution in [0.15, 0.2) is 0 Å². The molecule has 2 rings (SSSR count). The number of carbonyl (C=O) groups is 1. The average molecular weight is 272 g/mol. The molecule has 1 atom stereocenters. The van der Waals surface area contributed by atoms with Gasteiger partial charge >= 0.3 is 0 Å². The lowest BCUT2D eigenvalue weighted by molar-refractivity contribution is 0.0748. The molecule has 7 nitrogen and oxygen atoms in total. The fourth-order valence-electron chi connectivity index (χ4n) is 2.14. The minimum atomic E-state index is -3.01. The Balaban J connectivity index is 2.20. The fraction of sp³-hybridized carbons (Fsp3) is 0.600. The topological polar surface area (TPSA) is 109 Å². The molecule has 0 aromatic carbocycles. The third-order valence-electron chi connectivity index (χ3n) is 3.27. The van der Waals surface area contributed by atoms with E-state index in [1.807, 2.05) is 0 Å². The quantitative estimate of drug-likeness (QED) is 0.758. The molecule has 18 heavy (non-hydrogen) atoms. The van der Waals surface area contributed by atoms with Crippen LogP contribution in [0.1, 0.15) is 22.5 Å². The van der Waals surface area contributed by atoms with E-state index < -0.39 is 9.84 Å². The molecule has 1 aromatic rings. The number of hydrogen-bond donors (Lipinski definition) is 2. The van der Waals surface area contributed by atoms with Gasteiger partial charge in [0.05, 0.1) is 11.5 Å². The van der Waals surface area contributed by atoms with E-state index in [9.17, 15) is 13.2 Å². The number of aromatic amines is 1. The van der Waals surface area contributed by atoms with E-state index in [1.165, 1.54) is 4.90 Å². The van der Waals surface area contributed by atoms with E-state index in [2.05, 4.69) is 10.2 Å². The Morgan fingerprint density at radius 3 is 2.67 bits per heavy atom. The summed E-state index contributed by atoms with van der Waals surface area (Å²) >= 11 is 0. The highest BCUT2D eigenvalue weighted by Crippen LogP contribution is 2.21. The van der Waals surface area contributed by atoms with Crippen LogP contribution in [0.2, 0.25) is 0 Å². The number of rotatable bonds is 2. The summed E-state index contributed by atoms with van der Waals surface area (Å²) in [7, 11) is -1.41. The van der Waals surface area contributed by atoms with Crippen LogP contribution in [-0.2, 0) is 9.84 Å². The summed E-state index contributed by atoms with van der Waals surface area (Å²) in [5.74, 6) is 0.00678. The second-order valence-corrected chi connectivity index (χ2v) is 6.81. The molecule has 0 bridgehead atoms. The highest BCUT2D eigenvalue weighted by molar-refractivity contribution is 7.91. The number of aromatic nitrogens is 2. The molecule has 2 heterocycles. The minimum Gasteiger partial charge on any atom is -0.382 e. The largest absolute Gasteiger partial charge is 0.382 e. The number of aryl methyl sites for hydroxylation is 1. The SMILES string of the molecule is Cc1[nH]nc(N)c1C(=O)N(C)C1CCS(=O)(=O)C1. The van der Waals surface area contributed by atoms with Crippen molar-refractivity contribution in [1.29, 1.82) is 0 Å². The molecule has 0 spiro atoms. The summed E-state index contributed by atoms with van der Waals surface area (Å²) in [6.07, 6.45) is 0.474. The van der Waals surface area contributed by atoms with Crippen LogP contribution in [0.3, 0.4) is 0 Å². The molecule has 0 saturated carbocycles. The van der Waals surface area contributed by atoms with Gasteiger partial charge in [0.15, 0.2) is 15.7 Å². The van der Waals surface area contributed by atoms with Gasteiger partial charge in [0, 0.05) is 18.8 Å². The highest BCUT2D eigenvalue weighted by Gasteiger charge is 2.34. The van der Waals surface area contributed by atoms with Crippen LogP contribution in [0, 0.1) is 6.92 Å². The zero-order valence-corrected chi connectivity index (χ0v) is 11.1. The number of sulfone groups is 1. The van der Waals surface area contributed by atoms with Crippen molar-refractivity contribution in [2.45, 2.75) is 19.4 Å². The van der Waals surface area contributed by atoms with Gasteiger partial charge < -0.3 is 10.6 Å². The lowest BCUT2D eigenvalue weighted by Gasteiger charge is -2.23. The van der Waals surface area contributed by atoms with Crippen molar-refractivity contribution >= 4 is 21.6 Å². The van der Waals surface area contributed by atoms with Gasteiger partial charge in [-0.25, -0.2) is 8.42 Å². The summed E-state index contributed by atoms with van der Waals surface area (Å²) in [5, 5.41) is 6.40. The summed E-state index contributed by atoms with van der Waals surface area (Å²) in [5.41, 5.74) is 6.53. The lowest BCUT2D eigenvalue weighted by Crippen LogP contribution is -2.38. The number of nitrogens with two attached hydrogens (primary N) is 1. The average Bonchev–Trinajstić information content (AvgIpc) is 2.80. The molecular formula is C10H16N4O3S. The van der Waals surface area contributed by atoms with Crippen LogP contribution in [0.4, 0.5) is 5.82 Å². The zero-order valence-electron chi connectivity index (χ0n) is 10.3. The van der Waals surface area contributed by atoms with Crippen LogP contribution in [0.5, 0.6) is 0 Å². The number of anilines is 1. The van der Waals surface area contributed by atoms with Crippen molar-refractivity contribution in [3.05, 3.63) is 11.3 Å². The molecular weight excluding hydrogens is 256 g/mol. The van der Waals surface area contributed by atoms with Crippen molar-refractivity contribution in [1.82, 2.24) is 15.1 Å². The molecule has 3 N–H and O–H groups in total. The maximum absolute atomic E-state index is 12.2. The Morgan fingerprint density at radius 2 is 2.22 bits per heavy atom. The molecule has 1 aliphatic rings. The first-order chi connectivity index (χ1) is 8.32. The van der Waals surface area contributed by atoms with Crippen LogP contribution in [-0.4, -0.2) is 54.0 Å². The van der Waals surface area contributed by atoms with Crippen molar-refractivity contribution in [2.24, 2.45) is 0 Å².